The van der Waals surface area contributed by atoms with Gasteiger partial charge in [0.05, 0.1) is 10.7 Å². The van der Waals surface area contributed by atoms with Gasteiger partial charge in [0.1, 0.15) is 0 Å². The fourth-order valence-corrected chi connectivity index (χ4v) is 3.59. The number of nitrogens with one attached hydrogen (secondary N) is 1. The second-order valence-electron chi connectivity index (χ2n) is 6.50. The molecule has 118 valence electrons. The molecule has 1 N–H and O–H groups in total. The van der Waals surface area contributed by atoms with E-state index in [0.717, 1.165) is 40.8 Å². The topological polar surface area (TPSA) is 15.3 Å². The van der Waals surface area contributed by atoms with E-state index < -0.39 is 0 Å². The Hall–Kier alpha value is -0.440. The average Bonchev–Trinajstić information content (AvgIpc) is 2.42. The summed E-state index contributed by atoms with van der Waals surface area (Å²) in [5, 5.41) is 5.28. The van der Waals surface area contributed by atoms with Gasteiger partial charge in [0.25, 0.3) is 0 Å². The van der Waals surface area contributed by atoms with Gasteiger partial charge >= 0.3 is 0 Å². The summed E-state index contributed by atoms with van der Waals surface area (Å²) >= 11 is 12.8. The number of hydrogen-bond acceptors (Lipinski definition) is 2. The van der Waals surface area contributed by atoms with Crippen LogP contribution >= 0.6 is 23.2 Å². The summed E-state index contributed by atoms with van der Waals surface area (Å²) in [5.74, 6) is 0.694. The normalized spacial score (nSPS) is 22.9. The molecule has 2 rings (SSSR count). The quantitative estimate of drug-likeness (QED) is 0.845. The zero-order valence-corrected chi connectivity index (χ0v) is 14.9. The van der Waals surface area contributed by atoms with Crippen molar-refractivity contribution in [2.45, 2.75) is 52.6 Å². The van der Waals surface area contributed by atoms with Crippen LogP contribution in [0, 0.1) is 12.8 Å². The maximum absolute atomic E-state index is 6.49. The van der Waals surface area contributed by atoms with E-state index in [2.05, 4.69) is 31.0 Å². The monoisotopic (exact) mass is 328 g/mol. The lowest BCUT2D eigenvalue weighted by Crippen LogP contribution is -2.56. The van der Waals surface area contributed by atoms with Crippen molar-refractivity contribution in [2.75, 3.05) is 18.0 Å². The van der Waals surface area contributed by atoms with E-state index in [4.69, 9.17) is 23.2 Å². The molecule has 4 heteroatoms. The fourth-order valence-electron chi connectivity index (χ4n) is 3.11. The Morgan fingerprint density at radius 1 is 1.29 bits per heavy atom. The smallest absolute Gasteiger partial charge is 0.0643 e. The second-order valence-corrected chi connectivity index (χ2v) is 7.32. The highest BCUT2D eigenvalue weighted by Crippen LogP contribution is 2.34. The van der Waals surface area contributed by atoms with Crippen molar-refractivity contribution < 1.29 is 0 Å². The molecule has 1 saturated heterocycles. The molecule has 0 bridgehead atoms. The molecule has 1 aromatic carbocycles. The van der Waals surface area contributed by atoms with Gasteiger partial charge in [-0.2, -0.15) is 0 Å². The van der Waals surface area contributed by atoms with Crippen molar-refractivity contribution in [3.05, 3.63) is 27.7 Å². The maximum atomic E-state index is 6.49. The van der Waals surface area contributed by atoms with E-state index in [0.29, 0.717) is 18.0 Å². The number of benzene rings is 1. The van der Waals surface area contributed by atoms with Crippen molar-refractivity contribution in [1.29, 1.82) is 0 Å². The molecule has 2 atom stereocenters. The van der Waals surface area contributed by atoms with Crippen LogP contribution in [0.1, 0.15) is 39.2 Å². The van der Waals surface area contributed by atoms with Gasteiger partial charge in [0.2, 0.25) is 0 Å². The lowest BCUT2D eigenvalue weighted by molar-refractivity contribution is 0.343. The number of rotatable bonds is 4. The molecule has 0 spiro atoms. The van der Waals surface area contributed by atoms with Crippen molar-refractivity contribution in [1.82, 2.24) is 5.32 Å². The summed E-state index contributed by atoms with van der Waals surface area (Å²) in [5.41, 5.74) is 2.11. The molecule has 2 unspecified atom stereocenters. The Kier molecular flexibility index (Phi) is 5.81. The number of piperazine rings is 1. The first-order chi connectivity index (χ1) is 9.92. The Morgan fingerprint density at radius 2 is 2.00 bits per heavy atom. The first-order valence-corrected chi connectivity index (χ1v) is 8.63. The van der Waals surface area contributed by atoms with Gasteiger partial charge in [-0.05, 0) is 43.4 Å². The standard InChI is InChI=1S/C17H26Cl2N2/c1-5-14-9-20-13(6-11(2)3)10-21(14)17-8-15(18)12(4)7-16(17)19/h7-8,11,13-14,20H,5-6,9-10H2,1-4H3. The highest BCUT2D eigenvalue weighted by molar-refractivity contribution is 6.35. The second kappa shape index (κ2) is 7.21. The molecule has 1 aliphatic heterocycles. The summed E-state index contributed by atoms with van der Waals surface area (Å²) in [4.78, 5) is 2.44. The predicted octanol–water partition coefficient (Wildman–Crippen LogP) is 4.90. The third kappa shape index (κ3) is 4.06. The maximum Gasteiger partial charge on any atom is 0.0643 e. The Balaban J connectivity index is 2.26. The molecule has 0 aliphatic carbocycles. The SMILES string of the molecule is CCC1CNC(CC(C)C)CN1c1cc(Cl)c(C)cc1Cl. The summed E-state index contributed by atoms with van der Waals surface area (Å²) in [6.45, 7) is 10.8. The van der Waals surface area contributed by atoms with Gasteiger partial charge in [0.15, 0.2) is 0 Å². The molecule has 0 saturated carbocycles. The van der Waals surface area contributed by atoms with Gasteiger partial charge in [-0.3, -0.25) is 0 Å². The predicted molar refractivity (Wildman–Crippen MR) is 93.9 cm³/mol. The molecule has 2 nitrogen and oxygen atoms in total. The van der Waals surface area contributed by atoms with Crippen molar-refractivity contribution in [3.63, 3.8) is 0 Å². The first kappa shape index (κ1) is 16.9. The Morgan fingerprint density at radius 3 is 2.62 bits per heavy atom. The molecule has 0 aromatic heterocycles. The molecule has 21 heavy (non-hydrogen) atoms. The summed E-state index contributed by atoms with van der Waals surface area (Å²) in [7, 11) is 0. The molecule has 1 aromatic rings. The molecule has 1 fully saturated rings. The minimum atomic E-state index is 0.477. The molecular formula is C17H26Cl2N2. The van der Waals surface area contributed by atoms with Crippen molar-refractivity contribution >= 4 is 28.9 Å². The van der Waals surface area contributed by atoms with Gasteiger partial charge in [-0.25, -0.2) is 0 Å². The summed E-state index contributed by atoms with van der Waals surface area (Å²) in [6.07, 6.45) is 2.29. The van der Waals surface area contributed by atoms with Crippen LogP contribution in [-0.4, -0.2) is 25.2 Å². The average molecular weight is 329 g/mol. The van der Waals surface area contributed by atoms with E-state index in [9.17, 15) is 0 Å². The number of anilines is 1. The van der Waals surface area contributed by atoms with E-state index in [1.165, 1.54) is 6.42 Å². The minimum absolute atomic E-state index is 0.477. The lowest BCUT2D eigenvalue weighted by Gasteiger charge is -2.42. The third-order valence-electron chi connectivity index (χ3n) is 4.26. The van der Waals surface area contributed by atoms with E-state index >= 15 is 0 Å². The number of halogens is 2. The van der Waals surface area contributed by atoms with Gasteiger partial charge in [-0.15, -0.1) is 0 Å². The zero-order valence-electron chi connectivity index (χ0n) is 13.4. The van der Waals surface area contributed by atoms with Crippen molar-refractivity contribution in [3.8, 4) is 0 Å². The van der Waals surface area contributed by atoms with E-state index in [-0.39, 0.29) is 0 Å². The molecule has 0 amide bonds. The van der Waals surface area contributed by atoms with E-state index in [1.807, 2.05) is 19.1 Å². The largest absolute Gasteiger partial charge is 0.364 e. The van der Waals surface area contributed by atoms with Gasteiger partial charge < -0.3 is 10.2 Å². The van der Waals surface area contributed by atoms with Gasteiger partial charge in [-0.1, -0.05) is 44.0 Å². The first-order valence-electron chi connectivity index (χ1n) is 7.88. The fraction of sp³-hybridized carbons (Fsp3) is 0.647. The van der Waals surface area contributed by atoms with Crippen LogP contribution in [0.25, 0.3) is 0 Å². The van der Waals surface area contributed by atoms with Crippen LogP contribution in [0.15, 0.2) is 12.1 Å². The molecule has 0 radical (unpaired) electrons. The molecular weight excluding hydrogens is 303 g/mol. The van der Waals surface area contributed by atoms with Crippen LogP contribution in [0.4, 0.5) is 5.69 Å². The van der Waals surface area contributed by atoms with Crippen molar-refractivity contribution in [2.24, 2.45) is 5.92 Å². The van der Waals surface area contributed by atoms with Crippen LogP contribution in [0.3, 0.4) is 0 Å². The van der Waals surface area contributed by atoms with Crippen LogP contribution < -0.4 is 10.2 Å². The van der Waals surface area contributed by atoms with Gasteiger partial charge in [0, 0.05) is 30.2 Å². The Bertz CT molecular complexity index is 488. The van der Waals surface area contributed by atoms with E-state index in [1.54, 1.807) is 0 Å². The Labute approximate surface area is 138 Å². The minimum Gasteiger partial charge on any atom is -0.364 e. The number of aryl methyl sites for hydroxylation is 1. The van der Waals surface area contributed by atoms with Crippen LogP contribution in [0.5, 0.6) is 0 Å². The summed E-state index contributed by atoms with van der Waals surface area (Å²) in [6, 6.07) is 5.00. The zero-order chi connectivity index (χ0) is 15.6. The number of hydrogen-bond donors (Lipinski definition) is 1. The molecule has 1 aliphatic rings. The van der Waals surface area contributed by atoms with Crippen LogP contribution in [0.2, 0.25) is 10.0 Å². The highest BCUT2D eigenvalue weighted by atomic mass is 35.5. The molecule has 1 heterocycles. The summed E-state index contributed by atoms with van der Waals surface area (Å²) < 4.78 is 0. The highest BCUT2D eigenvalue weighted by Gasteiger charge is 2.28. The third-order valence-corrected chi connectivity index (χ3v) is 4.97. The lowest BCUT2D eigenvalue weighted by atomic mass is 9.98. The van der Waals surface area contributed by atoms with Crippen LogP contribution in [-0.2, 0) is 0 Å². The number of nitrogens with zero attached hydrogens (tertiary/aromatic N) is 1.